The zero-order valence-electron chi connectivity index (χ0n) is 15.1. The van der Waals surface area contributed by atoms with Crippen LogP contribution in [0, 0.1) is 0 Å². The molecule has 5 rings (SSSR count). The van der Waals surface area contributed by atoms with Crippen LogP contribution in [0.15, 0.2) is 41.0 Å². The Balaban J connectivity index is 1.40. The van der Waals surface area contributed by atoms with Crippen molar-refractivity contribution in [3.8, 4) is 0 Å². The molecule has 0 aliphatic carbocycles. The zero-order valence-corrected chi connectivity index (χ0v) is 16.7. The SMILES string of the molecule is CSc1nc2ncnc(N3CC4OCCN(Cc5ccccc5)C4C3)c2s1. The fraction of sp³-hybridized carbons (Fsp3) is 0.421. The summed E-state index contributed by atoms with van der Waals surface area (Å²) in [4.78, 5) is 18.5. The van der Waals surface area contributed by atoms with Crippen LogP contribution in [0.2, 0.25) is 0 Å². The first-order valence-corrected chi connectivity index (χ1v) is 11.2. The highest BCUT2D eigenvalue weighted by Gasteiger charge is 2.41. The summed E-state index contributed by atoms with van der Waals surface area (Å²) in [5.74, 6) is 0.996. The molecule has 0 radical (unpaired) electrons. The number of thiazole rings is 1. The predicted octanol–water partition coefficient (Wildman–Crippen LogP) is 2.90. The van der Waals surface area contributed by atoms with Gasteiger partial charge in [-0.15, -0.1) is 11.3 Å². The molecular weight excluding hydrogens is 378 g/mol. The molecule has 6 nitrogen and oxygen atoms in total. The van der Waals surface area contributed by atoms with Crippen LogP contribution in [0.4, 0.5) is 5.82 Å². The second-order valence-corrected chi connectivity index (χ2v) is 8.92. The van der Waals surface area contributed by atoms with Crippen molar-refractivity contribution in [3.05, 3.63) is 42.2 Å². The highest BCUT2D eigenvalue weighted by molar-refractivity contribution is 8.00. The molecule has 0 saturated carbocycles. The van der Waals surface area contributed by atoms with Crippen LogP contribution in [0.5, 0.6) is 0 Å². The van der Waals surface area contributed by atoms with Crippen molar-refractivity contribution in [1.82, 2.24) is 19.9 Å². The minimum Gasteiger partial charge on any atom is -0.373 e. The number of nitrogens with zero attached hydrogens (tertiary/aromatic N) is 5. The number of fused-ring (bicyclic) bond motifs is 2. The third-order valence-electron chi connectivity index (χ3n) is 5.27. The molecule has 0 spiro atoms. The van der Waals surface area contributed by atoms with E-state index in [2.05, 4.69) is 55.1 Å². The van der Waals surface area contributed by atoms with Crippen LogP contribution in [-0.2, 0) is 11.3 Å². The van der Waals surface area contributed by atoms with Crippen LogP contribution >= 0.6 is 23.1 Å². The molecule has 2 aliphatic heterocycles. The van der Waals surface area contributed by atoms with Crippen molar-refractivity contribution in [3.63, 3.8) is 0 Å². The Bertz CT molecular complexity index is 934. The molecular formula is C19H21N5OS2. The van der Waals surface area contributed by atoms with Gasteiger partial charge in [0.1, 0.15) is 11.0 Å². The first kappa shape index (κ1) is 17.4. The van der Waals surface area contributed by atoms with Gasteiger partial charge in [0.25, 0.3) is 0 Å². The Kier molecular flexibility index (Phi) is 4.73. The fourth-order valence-corrected chi connectivity index (χ4v) is 5.51. The summed E-state index contributed by atoms with van der Waals surface area (Å²) in [7, 11) is 0. The van der Waals surface area contributed by atoms with Gasteiger partial charge in [-0.3, -0.25) is 4.90 Å². The Morgan fingerprint density at radius 1 is 1.22 bits per heavy atom. The van der Waals surface area contributed by atoms with E-state index >= 15 is 0 Å². The molecule has 0 amide bonds. The second kappa shape index (κ2) is 7.35. The first-order valence-electron chi connectivity index (χ1n) is 9.12. The zero-order chi connectivity index (χ0) is 18.2. The number of benzene rings is 1. The van der Waals surface area contributed by atoms with Crippen molar-refractivity contribution >= 4 is 39.3 Å². The Morgan fingerprint density at radius 2 is 2.11 bits per heavy atom. The van der Waals surface area contributed by atoms with E-state index in [0.717, 1.165) is 53.3 Å². The number of anilines is 1. The number of ether oxygens (including phenoxy) is 1. The van der Waals surface area contributed by atoms with E-state index in [9.17, 15) is 0 Å². The highest BCUT2D eigenvalue weighted by atomic mass is 32.2. The van der Waals surface area contributed by atoms with Crippen LogP contribution in [0.1, 0.15) is 5.56 Å². The topological polar surface area (TPSA) is 54.4 Å². The lowest BCUT2D eigenvalue weighted by molar-refractivity contribution is -0.0499. The Hall–Kier alpha value is -1.74. The van der Waals surface area contributed by atoms with Crippen molar-refractivity contribution in [1.29, 1.82) is 0 Å². The first-order chi connectivity index (χ1) is 13.3. The van der Waals surface area contributed by atoms with Gasteiger partial charge in [-0.25, -0.2) is 15.0 Å². The quantitative estimate of drug-likeness (QED) is 0.625. The molecule has 0 N–H and O–H groups in total. The van der Waals surface area contributed by atoms with Gasteiger partial charge in [-0.1, -0.05) is 42.1 Å². The molecule has 2 aromatic heterocycles. The maximum absolute atomic E-state index is 6.12. The fourth-order valence-electron chi connectivity index (χ4n) is 3.98. The predicted molar refractivity (Wildman–Crippen MR) is 110 cm³/mol. The number of aromatic nitrogens is 3. The number of morpholine rings is 1. The smallest absolute Gasteiger partial charge is 0.176 e. The lowest BCUT2D eigenvalue weighted by Gasteiger charge is -2.36. The van der Waals surface area contributed by atoms with E-state index in [4.69, 9.17) is 4.74 Å². The van der Waals surface area contributed by atoms with Crippen LogP contribution in [0.25, 0.3) is 10.3 Å². The molecule has 8 heteroatoms. The summed E-state index contributed by atoms with van der Waals surface area (Å²) in [6, 6.07) is 11.1. The molecule has 140 valence electrons. The van der Waals surface area contributed by atoms with Gasteiger partial charge >= 0.3 is 0 Å². The molecule has 2 unspecified atom stereocenters. The average Bonchev–Trinajstić information content (AvgIpc) is 3.33. The van der Waals surface area contributed by atoms with Crippen LogP contribution in [-0.4, -0.2) is 64.5 Å². The molecule has 4 heterocycles. The maximum Gasteiger partial charge on any atom is 0.176 e. The van der Waals surface area contributed by atoms with Crippen LogP contribution in [0.3, 0.4) is 0 Å². The largest absolute Gasteiger partial charge is 0.373 e. The second-order valence-electron chi connectivity index (χ2n) is 6.87. The van der Waals surface area contributed by atoms with E-state index in [1.54, 1.807) is 29.4 Å². The molecule has 2 atom stereocenters. The standard InChI is InChI=1S/C19H21N5OS2/c1-26-19-22-17-16(27-19)18(21-12-20-17)24-10-14-15(11-24)25-8-7-23(14)9-13-5-3-2-4-6-13/h2-6,12,14-15H,7-11H2,1H3. The van der Waals surface area contributed by atoms with E-state index in [0.29, 0.717) is 6.04 Å². The van der Waals surface area contributed by atoms with Gasteiger partial charge < -0.3 is 9.64 Å². The molecule has 2 fully saturated rings. The van der Waals surface area contributed by atoms with Crippen molar-refractivity contribution in [2.75, 3.05) is 37.4 Å². The minimum absolute atomic E-state index is 0.223. The van der Waals surface area contributed by atoms with Gasteiger partial charge in [0.05, 0.1) is 18.8 Å². The minimum atomic E-state index is 0.223. The monoisotopic (exact) mass is 399 g/mol. The normalized spacial score (nSPS) is 23.1. The average molecular weight is 400 g/mol. The molecule has 2 saturated heterocycles. The summed E-state index contributed by atoms with van der Waals surface area (Å²) in [6.45, 7) is 4.53. The number of rotatable bonds is 4. The number of hydrogen-bond donors (Lipinski definition) is 0. The van der Waals surface area contributed by atoms with Gasteiger partial charge in [0.2, 0.25) is 0 Å². The highest BCUT2D eigenvalue weighted by Crippen LogP contribution is 2.35. The van der Waals surface area contributed by atoms with Crippen LogP contribution < -0.4 is 4.90 Å². The molecule has 1 aromatic carbocycles. The molecule has 27 heavy (non-hydrogen) atoms. The maximum atomic E-state index is 6.12. The van der Waals surface area contributed by atoms with Gasteiger partial charge in [-0.05, 0) is 11.8 Å². The number of hydrogen-bond acceptors (Lipinski definition) is 8. The Labute approximate surface area is 166 Å². The third kappa shape index (κ3) is 3.31. The molecule has 2 aliphatic rings. The van der Waals surface area contributed by atoms with E-state index in [-0.39, 0.29) is 6.10 Å². The van der Waals surface area contributed by atoms with Gasteiger partial charge in [0, 0.05) is 26.2 Å². The summed E-state index contributed by atoms with van der Waals surface area (Å²) in [6.07, 6.45) is 3.90. The van der Waals surface area contributed by atoms with E-state index in [1.807, 2.05) is 6.26 Å². The van der Waals surface area contributed by atoms with Gasteiger partial charge in [-0.2, -0.15) is 0 Å². The third-order valence-corrected chi connectivity index (χ3v) is 7.30. The Morgan fingerprint density at radius 3 is 2.96 bits per heavy atom. The van der Waals surface area contributed by atoms with Crippen molar-refractivity contribution in [2.24, 2.45) is 0 Å². The summed E-state index contributed by atoms with van der Waals surface area (Å²) >= 11 is 3.33. The van der Waals surface area contributed by atoms with Crippen molar-refractivity contribution in [2.45, 2.75) is 23.0 Å². The molecule has 0 bridgehead atoms. The summed E-state index contributed by atoms with van der Waals surface area (Å²) < 4.78 is 8.23. The van der Waals surface area contributed by atoms with E-state index in [1.165, 1.54) is 5.56 Å². The number of thioether (sulfide) groups is 1. The van der Waals surface area contributed by atoms with Crippen molar-refractivity contribution < 1.29 is 4.74 Å². The van der Waals surface area contributed by atoms with E-state index < -0.39 is 0 Å². The lowest BCUT2D eigenvalue weighted by Crippen LogP contribution is -2.50. The molecule has 3 aromatic rings. The summed E-state index contributed by atoms with van der Waals surface area (Å²) in [5.41, 5.74) is 2.15. The lowest BCUT2D eigenvalue weighted by atomic mass is 10.1. The summed E-state index contributed by atoms with van der Waals surface area (Å²) in [5, 5.41) is 0. The van der Waals surface area contributed by atoms with Gasteiger partial charge in [0.15, 0.2) is 15.8 Å².